The Morgan fingerprint density at radius 1 is 1.18 bits per heavy atom. The van der Waals surface area contributed by atoms with Crippen LogP contribution in [0.25, 0.3) is 0 Å². The van der Waals surface area contributed by atoms with Gasteiger partial charge in [0.05, 0.1) is 17.8 Å². The standard InChI is InChI=1S/C17H27NO4/c1-3-5-10-21-16(22-11-6-4-2)12-18-15-9-7-8-14(13-19)17(15)20/h7-9,13,16,18,20H,3-6,10-12H2,1-2H3. The van der Waals surface area contributed by atoms with Crippen molar-refractivity contribution in [3.05, 3.63) is 23.8 Å². The van der Waals surface area contributed by atoms with Crippen LogP contribution in [-0.2, 0) is 9.47 Å². The van der Waals surface area contributed by atoms with Gasteiger partial charge >= 0.3 is 0 Å². The monoisotopic (exact) mass is 309 g/mol. The molecule has 0 saturated carbocycles. The Bertz CT molecular complexity index is 427. The summed E-state index contributed by atoms with van der Waals surface area (Å²) in [6.45, 7) is 5.93. The zero-order valence-electron chi connectivity index (χ0n) is 13.5. The predicted octanol–water partition coefficient (Wildman–Crippen LogP) is 3.58. The quantitative estimate of drug-likeness (QED) is 0.267. The number of hydrogen-bond donors (Lipinski definition) is 2. The van der Waals surface area contributed by atoms with Crippen molar-refractivity contribution in [2.45, 2.75) is 45.8 Å². The lowest BCUT2D eigenvalue weighted by Gasteiger charge is -2.20. The van der Waals surface area contributed by atoms with E-state index < -0.39 is 0 Å². The first kappa shape index (κ1) is 18.5. The number of phenolic OH excluding ortho intramolecular Hbond substituents is 1. The van der Waals surface area contributed by atoms with Gasteiger partial charge in [0.15, 0.2) is 12.6 Å². The number of unbranched alkanes of at least 4 members (excludes halogenated alkanes) is 2. The van der Waals surface area contributed by atoms with E-state index in [9.17, 15) is 9.90 Å². The number of aromatic hydroxyl groups is 1. The van der Waals surface area contributed by atoms with E-state index in [0.29, 0.717) is 31.7 Å². The first-order valence-electron chi connectivity index (χ1n) is 7.97. The number of anilines is 1. The van der Waals surface area contributed by atoms with E-state index in [2.05, 4.69) is 19.2 Å². The average Bonchev–Trinajstić information content (AvgIpc) is 2.53. The molecule has 0 radical (unpaired) electrons. The minimum atomic E-state index is -0.364. The normalized spacial score (nSPS) is 10.9. The Hall–Kier alpha value is -1.59. The van der Waals surface area contributed by atoms with E-state index in [1.165, 1.54) is 0 Å². The number of ether oxygens (including phenoxy) is 2. The second-order valence-corrected chi connectivity index (χ2v) is 5.12. The molecule has 5 nitrogen and oxygen atoms in total. The van der Waals surface area contributed by atoms with Gasteiger partial charge in [0.25, 0.3) is 0 Å². The number of rotatable bonds is 12. The summed E-state index contributed by atoms with van der Waals surface area (Å²) < 4.78 is 11.4. The van der Waals surface area contributed by atoms with Gasteiger partial charge in [-0.1, -0.05) is 32.8 Å². The van der Waals surface area contributed by atoms with E-state index in [4.69, 9.17) is 9.47 Å². The van der Waals surface area contributed by atoms with Gasteiger partial charge in [-0.05, 0) is 25.0 Å². The van der Waals surface area contributed by atoms with Gasteiger partial charge < -0.3 is 19.9 Å². The number of para-hydroxylation sites is 1. The van der Waals surface area contributed by atoms with Crippen LogP contribution in [0.1, 0.15) is 49.9 Å². The van der Waals surface area contributed by atoms with Gasteiger partial charge in [-0.3, -0.25) is 4.79 Å². The SMILES string of the molecule is CCCCOC(CNc1cccc(C=O)c1O)OCCCC. The molecular weight excluding hydrogens is 282 g/mol. The van der Waals surface area contributed by atoms with Crippen molar-refractivity contribution in [1.29, 1.82) is 0 Å². The fourth-order valence-corrected chi connectivity index (χ4v) is 1.88. The largest absolute Gasteiger partial charge is 0.505 e. The molecule has 0 amide bonds. The summed E-state index contributed by atoms with van der Waals surface area (Å²) in [5.41, 5.74) is 0.771. The topological polar surface area (TPSA) is 67.8 Å². The number of nitrogens with one attached hydrogen (secondary N) is 1. The highest BCUT2D eigenvalue weighted by atomic mass is 16.7. The zero-order valence-corrected chi connectivity index (χ0v) is 13.5. The fraction of sp³-hybridized carbons (Fsp3) is 0.588. The van der Waals surface area contributed by atoms with E-state index in [1.54, 1.807) is 18.2 Å². The molecule has 0 fully saturated rings. The summed E-state index contributed by atoms with van der Waals surface area (Å²) in [5, 5.41) is 13.0. The molecule has 0 aliphatic carbocycles. The molecule has 0 aromatic heterocycles. The highest BCUT2D eigenvalue weighted by molar-refractivity contribution is 5.83. The minimum absolute atomic E-state index is 0.0432. The summed E-state index contributed by atoms with van der Waals surface area (Å²) >= 11 is 0. The maximum absolute atomic E-state index is 10.8. The molecule has 0 aliphatic rings. The molecule has 22 heavy (non-hydrogen) atoms. The molecule has 0 atom stereocenters. The van der Waals surface area contributed by atoms with E-state index in [-0.39, 0.29) is 17.6 Å². The lowest BCUT2D eigenvalue weighted by Crippen LogP contribution is -2.27. The number of carbonyl (C=O) groups is 1. The van der Waals surface area contributed by atoms with Gasteiger partial charge in [0.1, 0.15) is 5.75 Å². The van der Waals surface area contributed by atoms with Crippen molar-refractivity contribution in [3.8, 4) is 5.75 Å². The Labute approximate surface area is 132 Å². The van der Waals surface area contributed by atoms with E-state index in [1.807, 2.05) is 0 Å². The Morgan fingerprint density at radius 3 is 2.36 bits per heavy atom. The van der Waals surface area contributed by atoms with Crippen molar-refractivity contribution >= 4 is 12.0 Å². The molecule has 0 saturated heterocycles. The van der Waals surface area contributed by atoms with Crippen molar-refractivity contribution < 1.29 is 19.4 Å². The molecule has 1 rings (SSSR count). The van der Waals surface area contributed by atoms with Gasteiger partial charge in [-0.25, -0.2) is 0 Å². The molecule has 0 heterocycles. The first-order chi connectivity index (χ1) is 10.7. The van der Waals surface area contributed by atoms with Crippen molar-refractivity contribution in [1.82, 2.24) is 0 Å². The van der Waals surface area contributed by atoms with Gasteiger partial charge in [-0.15, -0.1) is 0 Å². The first-order valence-corrected chi connectivity index (χ1v) is 7.97. The van der Waals surface area contributed by atoms with Crippen molar-refractivity contribution in [3.63, 3.8) is 0 Å². The summed E-state index contributed by atoms with van der Waals surface area (Å²) in [7, 11) is 0. The van der Waals surface area contributed by atoms with Crippen LogP contribution < -0.4 is 5.32 Å². The lowest BCUT2D eigenvalue weighted by atomic mass is 10.2. The van der Waals surface area contributed by atoms with Crippen LogP contribution in [0.4, 0.5) is 5.69 Å². The smallest absolute Gasteiger partial charge is 0.174 e. The minimum Gasteiger partial charge on any atom is -0.505 e. The van der Waals surface area contributed by atoms with Crippen LogP contribution >= 0.6 is 0 Å². The van der Waals surface area contributed by atoms with E-state index in [0.717, 1.165) is 25.7 Å². The van der Waals surface area contributed by atoms with Crippen molar-refractivity contribution in [2.75, 3.05) is 25.1 Å². The van der Waals surface area contributed by atoms with Crippen LogP contribution in [-0.4, -0.2) is 37.4 Å². The summed E-state index contributed by atoms with van der Waals surface area (Å²) in [4.78, 5) is 10.8. The summed E-state index contributed by atoms with van der Waals surface area (Å²) in [6, 6.07) is 5.01. The number of benzene rings is 1. The van der Waals surface area contributed by atoms with Crippen LogP contribution in [0.3, 0.4) is 0 Å². The zero-order chi connectivity index (χ0) is 16.2. The second-order valence-electron chi connectivity index (χ2n) is 5.12. The number of phenols is 1. The Balaban J connectivity index is 2.55. The van der Waals surface area contributed by atoms with E-state index >= 15 is 0 Å². The molecule has 0 spiro atoms. The summed E-state index contributed by atoms with van der Waals surface area (Å²) in [5.74, 6) is -0.0432. The van der Waals surface area contributed by atoms with Gasteiger partial charge in [0, 0.05) is 13.2 Å². The molecule has 1 aromatic carbocycles. The maximum atomic E-state index is 10.8. The van der Waals surface area contributed by atoms with Crippen LogP contribution in [0.5, 0.6) is 5.75 Å². The second kappa shape index (κ2) is 11.0. The molecule has 0 unspecified atom stereocenters. The third kappa shape index (κ3) is 6.45. The predicted molar refractivity (Wildman–Crippen MR) is 87.5 cm³/mol. The Kier molecular flexibility index (Phi) is 9.26. The molecular formula is C17H27NO4. The molecule has 0 aliphatic heterocycles. The van der Waals surface area contributed by atoms with Crippen LogP contribution in [0, 0.1) is 0 Å². The number of carbonyl (C=O) groups excluding carboxylic acids is 1. The Morgan fingerprint density at radius 2 is 1.82 bits per heavy atom. The van der Waals surface area contributed by atoms with Crippen LogP contribution in [0.2, 0.25) is 0 Å². The number of aldehydes is 1. The molecule has 5 heteroatoms. The maximum Gasteiger partial charge on any atom is 0.174 e. The average molecular weight is 309 g/mol. The number of hydrogen-bond acceptors (Lipinski definition) is 5. The van der Waals surface area contributed by atoms with Crippen molar-refractivity contribution in [2.24, 2.45) is 0 Å². The van der Waals surface area contributed by atoms with Gasteiger partial charge in [-0.2, -0.15) is 0 Å². The third-order valence-electron chi connectivity index (χ3n) is 3.26. The summed E-state index contributed by atoms with van der Waals surface area (Å²) in [6.07, 6.45) is 4.37. The molecule has 1 aromatic rings. The highest BCUT2D eigenvalue weighted by Gasteiger charge is 2.11. The van der Waals surface area contributed by atoms with Gasteiger partial charge in [0.2, 0.25) is 0 Å². The van der Waals surface area contributed by atoms with Crippen LogP contribution in [0.15, 0.2) is 18.2 Å². The molecule has 0 bridgehead atoms. The highest BCUT2D eigenvalue weighted by Crippen LogP contribution is 2.26. The third-order valence-corrected chi connectivity index (χ3v) is 3.26. The molecule has 124 valence electrons. The lowest BCUT2D eigenvalue weighted by molar-refractivity contribution is -0.134. The fourth-order valence-electron chi connectivity index (χ4n) is 1.88. The molecule has 2 N–H and O–H groups in total.